The quantitative estimate of drug-likeness (QED) is 0.670. The Bertz CT molecular complexity index is 193. The highest BCUT2D eigenvalue weighted by atomic mass is 16.7. The highest BCUT2D eigenvalue weighted by Gasteiger charge is 2.15. The molecule has 0 amide bonds. The number of rotatable bonds is 7. The molecule has 1 saturated heterocycles. The normalized spacial score (nSPS) is 17.4. The lowest BCUT2D eigenvalue weighted by Gasteiger charge is -2.09. The zero-order valence-corrected chi connectivity index (χ0v) is 10.9. The van der Waals surface area contributed by atoms with E-state index in [1.165, 1.54) is 0 Å². The Morgan fingerprint density at radius 1 is 1.29 bits per heavy atom. The third-order valence-corrected chi connectivity index (χ3v) is 2.46. The molecule has 1 unspecified atom stereocenters. The number of aliphatic carboxylic acids is 1. The number of carboxylic acid groups (broad SMARTS) is 1. The molecule has 1 fully saturated rings. The van der Waals surface area contributed by atoms with E-state index in [0.717, 1.165) is 25.7 Å². The minimum atomic E-state index is -0.919. The van der Waals surface area contributed by atoms with Gasteiger partial charge in [-0.05, 0) is 19.3 Å². The number of carbonyl (C=O) groups is 1. The first-order valence-electron chi connectivity index (χ1n) is 6.41. The van der Waals surface area contributed by atoms with Gasteiger partial charge in [-0.15, -0.1) is 0 Å². The van der Waals surface area contributed by atoms with Gasteiger partial charge in [0.2, 0.25) is 0 Å². The van der Waals surface area contributed by atoms with Crippen LogP contribution in [0.25, 0.3) is 0 Å². The average Bonchev–Trinajstić information content (AvgIpc) is 2.84. The third-order valence-electron chi connectivity index (χ3n) is 2.46. The molecular weight excluding hydrogens is 222 g/mol. The van der Waals surface area contributed by atoms with Gasteiger partial charge in [-0.3, -0.25) is 4.79 Å². The molecule has 0 aromatic carbocycles. The van der Waals surface area contributed by atoms with Crippen LogP contribution in [0.4, 0.5) is 0 Å². The Labute approximate surface area is 103 Å². The molecular formula is C12H25NO4. The van der Waals surface area contributed by atoms with Gasteiger partial charge in [0.05, 0.1) is 13.2 Å². The molecule has 5 nitrogen and oxygen atoms in total. The number of unbranched alkanes of at least 4 members (excludes halogenated alkanes) is 2. The van der Waals surface area contributed by atoms with Crippen molar-refractivity contribution in [2.45, 2.75) is 58.3 Å². The van der Waals surface area contributed by atoms with Crippen molar-refractivity contribution in [1.29, 1.82) is 0 Å². The summed E-state index contributed by atoms with van der Waals surface area (Å²) in [6.07, 6.45) is 4.21. The lowest BCUT2D eigenvalue weighted by Crippen LogP contribution is -2.29. The summed E-state index contributed by atoms with van der Waals surface area (Å²) in [7, 11) is 0. The van der Waals surface area contributed by atoms with E-state index in [9.17, 15) is 4.79 Å². The predicted molar refractivity (Wildman–Crippen MR) is 65.7 cm³/mol. The Morgan fingerprint density at radius 2 is 1.88 bits per heavy atom. The lowest BCUT2D eigenvalue weighted by atomic mass is 10.1. The highest BCUT2D eigenvalue weighted by Crippen LogP contribution is 2.13. The van der Waals surface area contributed by atoms with Gasteiger partial charge in [0.15, 0.2) is 6.29 Å². The lowest BCUT2D eigenvalue weighted by molar-refractivity contribution is -0.138. The van der Waals surface area contributed by atoms with Crippen LogP contribution in [-0.2, 0) is 14.3 Å². The van der Waals surface area contributed by atoms with E-state index in [1.807, 2.05) is 13.8 Å². The second kappa shape index (κ2) is 10.5. The summed E-state index contributed by atoms with van der Waals surface area (Å²) in [5.41, 5.74) is 5.37. The summed E-state index contributed by atoms with van der Waals surface area (Å²) in [5.74, 6) is -0.919. The van der Waals surface area contributed by atoms with Crippen LogP contribution in [0, 0.1) is 0 Å². The molecule has 0 saturated carbocycles. The molecule has 102 valence electrons. The first-order valence-corrected chi connectivity index (χ1v) is 6.41. The molecule has 5 heteroatoms. The molecule has 0 spiro atoms. The number of hydrogen-bond acceptors (Lipinski definition) is 4. The number of nitrogens with two attached hydrogens (primary N) is 1. The SMILES string of the molecule is CC.NC(CCCCCC1OCCO1)C(=O)O. The van der Waals surface area contributed by atoms with E-state index in [-0.39, 0.29) is 6.29 Å². The van der Waals surface area contributed by atoms with Gasteiger partial charge in [-0.1, -0.05) is 26.7 Å². The second-order valence-corrected chi connectivity index (χ2v) is 3.75. The Hall–Kier alpha value is -0.650. The van der Waals surface area contributed by atoms with Crippen LogP contribution in [0.3, 0.4) is 0 Å². The van der Waals surface area contributed by atoms with Crippen LogP contribution >= 0.6 is 0 Å². The average molecular weight is 247 g/mol. The molecule has 1 atom stereocenters. The largest absolute Gasteiger partial charge is 0.480 e. The summed E-state index contributed by atoms with van der Waals surface area (Å²) in [5, 5.41) is 8.55. The van der Waals surface area contributed by atoms with Gasteiger partial charge < -0.3 is 20.3 Å². The minimum Gasteiger partial charge on any atom is -0.480 e. The Balaban J connectivity index is 0.00000121. The monoisotopic (exact) mass is 247 g/mol. The van der Waals surface area contributed by atoms with Gasteiger partial charge >= 0.3 is 5.97 Å². The second-order valence-electron chi connectivity index (χ2n) is 3.75. The topological polar surface area (TPSA) is 81.8 Å². The first-order chi connectivity index (χ1) is 8.20. The van der Waals surface area contributed by atoms with Crippen molar-refractivity contribution in [1.82, 2.24) is 0 Å². The van der Waals surface area contributed by atoms with Gasteiger partial charge in [-0.25, -0.2) is 0 Å². The molecule has 1 aliphatic heterocycles. The Morgan fingerprint density at radius 3 is 2.41 bits per heavy atom. The van der Waals surface area contributed by atoms with E-state index in [4.69, 9.17) is 20.3 Å². The van der Waals surface area contributed by atoms with Gasteiger partial charge in [0.1, 0.15) is 6.04 Å². The summed E-state index contributed by atoms with van der Waals surface area (Å²) in [4.78, 5) is 10.4. The third kappa shape index (κ3) is 8.12. The molecule has 0 aliphatic carbocycles. The molecule has 0 radical (unpaired) electrons. The first kappa shape index (κ1) is 16.4. The van der Waals surface area contributed by atoms with E-state index < -0.39 is 12.0 Å². The van der Waals surface area contributed by atoms with Crippen molar-refractivity contribution in [3.05, 3.63) is 0 Å². The standard InChI is InChI=1S/C10H19NO4.C2H6/c11-8(10(12)13)4-2-1-3-5-9-14-6-7-15-9;1-2/h8-9H,1-7,11H2,(H,12,13);1-2H3. The van der Waals surface area contributed by atoms with Crippen molar-refractivity contribution in [3.63, 3.8) is 0 Å². The fourth-order valence-electron chi connectivity index (χ4n) is 1.55. The number of carboxylic acids is 1. The smallest absolute Gasteiger partial charge is 0.320 e. The molecule has 0 bridgehead atoms. The summed E-state index contributed by atoms with van der Waals surface area (Å²) in [6.45, 7) is 5.38. The van der Waals surface area contributed by atoms with Crippen LogP contribution in [0.15, 0.2) is 0 Å². The van der Waals surface area contributed by atoms with Crippen LogP contribution < -0.4 is 5.73 Å². The highest BCUT2D eigenvalue weighted by molar-refractivity contribution is 5.72. The molecule has 1 aliphatic rings. The summed E-state index contributed by atoms with van der Waals surface area (Å²) < 4.78 is 10.6. The number of ether oxygens (including phenoxy) is 2. The van der Waals surface area contributed by atoms with Crippen LogP contribution in [0.2, 0.25) is 0 Å². The molecule has 0 aromatic rings. The maximum atomic E-state index is 10.4. The van der Waals surface area contributed by atoms with Gasteiger partial charge in [0, 0.05) is 0 Å². The molecule has 0 aromatic heterocycles. The van der Waals surface area contributed by atoms with E-state index >= 15 is 0 Å². The fourth-order valence-corrected chi connectivity index (χ4v) is 1.55. The number of hydrogen-bond donors (Lipinski definition) is 2. The molecule has 17 heavy (non-hydrogen) atoms. The molecule has 1 heterocycles. The maximum Gasteiger partial charge on any atom is 0.320 e. The van der Waals surface area contributed by atoms with E-state index in [1.54, 1.807) is 0 Å². The molecule has 1 rings (SSSR count). The molecule has 3 N–H and O–H groups in total. The van der Waals surface area contributed by atoms with E-state index in [0.29, 0.717) is 19.6 Å². The van der Waals surface area contributed by atoms with Crippen LogP contribution in [-0.4, -0.2) is 36.6 Å². The summed E-state index contributed by atoms with van der Waals surface area (Å²) >= 11 is 0. The zero-order valence-electron chi connectivity index (χ0n) is 10.9. The minimum absolute atomic E-state index is 0.0434. The van der Waals surface area contributed by atoms with Gasteiger partial charge in [-0.2, -0.15) is 0 Å². The van der Waals surface area contributed by atoms with Crippen molar-refractivity contribution < 1.29 is 19.4 Å². The fraction of sp³-hybridized carbons (Fsp3) is 0.917. The van der Waals surface area contributed by atoms with Crippen LogP contribution in [0.5, 0.6) is 0 Å². The summed E-state index contributed by atoms with van der Waals surface area (Å²) in [6, 6.07) is -0.719. The van der Waals surface area contributed by atoms with Crippen molar-refractivity contribution in [2.75, 3.05) is 13.2 Å². The zero-order chi connectivity index (χ0) is 13.1. The van der Waals surface area contributed by atoms with Crippen molar-refractivity contribution in [2.24, 2.45) is 5.73 Å². The predicted octanol–water partition coefficient (Wildman–Crippen LogP) is 1.75. The van der Waals surface area contributed by atoms with Gasteiger partial charge in [0.25, 0.3) is 0 Å². The Kier molecular flexibility index (Phi) is 10.1. The van der Waals surface area contributed by atoms with Crippen LogP contribution in [0.1, 0.15) is 46.0 Å². The van der Waals surface area contributed by atoms with Crippen molar-refractivity contribution in [3.8, 4) is 0 Å². The van der Waals surface area contributed by atoms with Crippen molar-refractivity contribution >= 4 is 5.97 Å². The maximum absolute atomic E-state index is 10.4. The van der Waals surface area contributed by atoms with E-state index in [2.05, 4.69) is 0 Å².